The van der Waals surface area contributed by atoms with Crippen LogP contribution in [-0.4, -0.2) is 41.7 Å². The van der Waals surface area contributed by atoms with Gasteiger partial charge in [0.25, 0.3) is 0 Å². The van der Waals surface area contributed by atoms with Crippen molar-refractivity contribution in [1.29, 1.82) is 0 Å². The molecule has 6 nitrogen and oxygen atoms in total. The quantitative estimate of drug-likeness (QED) is 0.380. The summed E-state index contributed by atoms with van der Waals surface area (Å²) in [4.78, 5) is 0. The van der Waals surface area contributed by atoms with Gasteiger partial charge in [0.1, 0.15) is 0 Å². The average Bonchev–Trinajstić information content (AvgIpc) is 2.30. The Kier molecular flexibility index (Phi) is 7.33. The van der Waals surface area contributed by atoms with Gasteiger partial charge in [-0.3, -0.25) is 0 Å². The van der Waals surface area contributed by atoms with Crippen molar-refractivity contribution in [3.8, 4) is 0 Å². The largest absolute Gasteiger partial charge is 0.394 e. The van der Waals surface area contributed by atoms with Gasteiger partial charge in [0, 0.05) is 0 Å². The summed E-state index contributed by atoms with van der Waals surface area (Å²) in [6, 6.07) is 8.06. The zero-order chi connectivity index (χ0) is 11.7. The SMILES string of the molecule is NO[As](=O)(O)c1ccccc1.OCCO. The molecular weight excluding hydrogens is 265 g/mol. The van der Waals surface area contributed by atoms with E-state index < -0.39 is 14.2 Å². The minimum absolute atomic E-state index is 0.125. The van der Waals surface area contributed by atoms with Crippen molar-refractivity contribution in [2.75, 3.05) is 13.2 Å². The molecule has 0 aliphatic heterocycles. The molecule has 0 saturated carbocycles. The molecule has 1 atom stereocenters. The van der Waals surface area contributed by atoms with Crippen molar-refractivity contribution < 1.29 is 21.9 Å². The Bertz CT molecular complexity index is 303. The Labute approximate surface area is 90.3 Å². The summed E-state index contributed by atoms with van der Waals surface area (Å²) >= 11 is -4.36. The molecule has 1 unspecified atom stereocenters. The molecule has 5 N–H and O–H groups in total. The molecule has 0 radical (unpaired) electrons. The van der Waals surface area contributed by atoms with E-state index in [2.05, 4.69) is 9.72 Å². The van der Waals surface area contributed by atoms with Crippen LogP contribution in [-0.2, 0) is 7.57 Å². The van der Waals surface area contributed by atoms with Gasteiger partial charge in [-0.05, 0) is 0 Å². The van der Waals surface area contributed by atoms with Gasteiger partial charge in [-0.15, -0.1) is 0 Å². The molecule has 0 heterocycles. The van der Waals surface area contributed by atoms with E-state index in [1.807, 2.05) is 0 Å². The number of hydrogen-bond donors (Lipinski definition) is 4. The van der Waals surface area contributed by atoms with Crippen LogP contribution >= 0.6 is 0 Å². The van der Waals surface area contributed by atoms with Crippen LogP contribution in [0.3, 0.4) is 0 Å². The molecule has 0 bridgehead atoms. The van der Waals surface area contributed by atoms with Gasteiger partial charge < -0.3 is 10.2 Å². The minimum Gasteiger partial charge on any atom is -0.394 e. The Morgan fingerprint density at radius 2 is 1.67 bits per heavy atom. The van der Waals surface area contributed by atoms with Crippen LogP contribution < -0.4 is 10.2 Å². The Morgan fingerprint density at radius 1 is 1.20 bits per heavy atom. The molecule has 1 aromatic rings. The fourth-order valence-electron chi connectivity index (χ4n) is 0.677. The van der Waals surface area contributed by atoms with Crippen LogP contribution in [0.1, 0.15) is 0 Å². The van der Waals surface area contributed by atoms with Crippen molar-refractivity contribution in [2.24, 2.45) is 5.90 Å². The molecule has 0 amide bonds. The maximum Gasteiger partial charge on any atom is 0.0662 e. The summed E-state index contributed by atoms with van der Waals surface area (Å²) in [5.41, 5.74) is 0. The monoisotopic (exact) mass is 279 g/mol. The van der Waals surface area contributed by atoms with Gasteiger partial charge >= 0.3 is 66.4 Å². The first-order valence-electron chi connectivity index (χ1n) is 4.07. The van der Waals surface area contributed by atoms with Crippen LogP contribution in [0.4, 0.5) is 0 Å². The predicted molar refractivity (Wildman–Crippen MR) is 54.2 cm³/mol. The second-order valence-corrected chi connectivity index (χ2v) is 6.12. The van der Waals surface area contributed by atoms with Gasteiger partial charge in [-0.1, -0.05) is 0 Å². The van der Waals surface area contributed by atoms with Gasteiger partial charge in [0.15, 0.2) is 0 Å². The van der Waals surface area contributed by atoms with E-state index in [0.717, 1.165) is 0 Å². The van der Waals surface area contributed by atoms with E-state index in [1.165, 1.54) is 12.1 Å². The topological polar surface area (TPSA) is 113 Å². The molecule has 1 aromatic carbocycles. The van der Waals surface area contributed by atoms with Crippen LogP contribution in [0.5, 0.6) is 0 Å². The van der Waals surface area contributed by atoms with E-state index in [1.54, 1.807) is 18.2 Å². The molecule has 7 heteroatoms. The van der Waals surface area contributed by atoms with E-state index in [9.17, 15) is 3.74 Å². The standard InChI is InChI=1S/C6H8AsNO3.C2H6O2/c8-11-7(9,10)6-4-2-1-3-5-6;3-1-2-4/h1-5H,8H2,(H,9,10);3-4H,1-2H2. The number of hydrogen-bond acceptors (Lipinski definition) is 5. The Hall–Kier alpha value is -0.622. The third-order valence-electron chi connectivity index (χ3n) is 1.33. The van der Waals surface area contributed by atoms with E-state index in [-0.39, 0.29) is 17.6 Å². The summed E-state index contributed by atoms with van der Waals surface area (Å²) in [6.45, 7) is -0.250. The number of benzene rings is 1. The molecule has 0 aliphatic carbocycles. The van der Waals surface area contributed by atoms with Gasteiger partial charge in [0.2, 0.25) is 0 Å². The number of aliphatic hydroxyl groups is 2. The Balaban J connectivity index is 0.000000423. The zero-order valence-corrected chi connectivity index (χ0v) is 9.86. The van der Waals surface area contributed by atoms with Crippen molar-refractivity contribution >= 4 is 18.5 Å². The molecule has 0 spiro atoms. The first kappa shape index (κ1) is 14.4. The number of aliphatic hydroxyl groups excluding tert-OH is 2. The predicted octanol–water partition coefficient (Wildman–Crippen LogP) is -1.88. The molecule has 1 rings (SSSR count). The van der Waals surface area contributed by atoms with Crippen molar-refractivity contribution in [2.45, 2.75) is 0 Å². The molecule has 0 aromatic heterocycles. The zero-order valence-electron chi connectivity index (χ0n) is 7.98. The van der Waals surface area contributed by atoms with Gasteiger partial charge in [-0.2, -0.15) is 0 Å². The molecule has 15 heavy (non-hydrogen) atoms. The molecule has 0 saturated heterocycles. The van der Waals surface area contributed by atoms with E-state index in [4.69, 9.17) is 14.3 Å². The number of nitrogens with two attached hydrogens (primary N) is 1. The fourth-order valence-corrected chi connectivity index (χ4v) is 2.08. The normalized spacial score (nSPS) is 13.6. The summed E-state index contributed by atoms with van der Waals surface area (Å²) in [7, 11) is 0. The molecule has 86 valence electrons. The van der Waals surface area contributed by atoms with E-state index in [0.29, 0.717) is 0 Å². The molecule has 0 fully saturated rings. The van der Waals surface area contributed by atoms with Crippen molar-refractivity contribution in [3.63, 3.8) is 0 Å². The van der Waals surface area contributed by atoms with Gasteiger partial charge in [-0.25, -0.2) is 0 Å². The van der Waals surface area contributed by atoms with Crippen LogP contribution in [0.2, 0.25) is 0 Å². The summed E-state index contributed by atoms with van der Waals surface area (Å²) < 4.78 is 24.4. The smallest absolute Gasteiger partial charge is 0.0662 e. The number of rotatable bonds is 3. The molecular formula is C8H14AsNO5. The second-order valence-electron chi connectivity index (χ2n) is 2.41. The third kappa shape index (κ3) is 5.74. The van der Waals surface area contributed by atoms with Crippen molar-refractivity contribution in [3.05, 3.63) is 30.3 Å². The maximum atomic E-state index is 11.1. The summed E-state index contributed by atoms with van der Waals surface area (Å²) in [5, 5.41) is 15.2. The first-order chi connectivity index (χ1) is 7.08. The first-order valence-corrected chi connectivity index (χ1v) is 7.38. The second kappa shape index (κ2) is 7.64. The summed E-state index contributed by atoms with van der Waals surface area (Å²) in [5.74, 6) is 4.65. The van der Waals surface area contributed by atoms with Gasteiger partial charge in [0.05, 0.1) is 13.2 Å². The summed E-state index contributed by atoms with van der Waals surface area (Å²) in [6.07, 6.45) is 0. The maximum absolute atomic E-state index is 11.1. The van der Waals surface area contributed by atoms with E-state index >= 15 is 0 Å². The minimum atomic E-state index is -4.36. The Morgan fingerprint density at radius 3 is 2.00 bits per heavy atom. The average molecular weight is 279 g/mol. The fraction of sp³-hybridized carbons (Fsp3) is 0.250. The van der Waals surface area contributed by atoms with Crippen molar-refractivity contribution in [1.82, 2.24) is 0 Å². The molecule has 0 aliphatic rings. The van der Waals surface area contributed by atoms with Crippen LogP contribution in [0.25, 0.3) is 0 Å². The van der Waals surface area contributed by atoms with Crippen LogP contribution in [0.15, 0.2) is 30.3 Å². The van der Waals surface area contributed by atoms with Crippen LogP contribution in [0, 0.1) is 0 Å². The third-order valence-corrected chi connectivity index (χ3v) is 3.92.